The highest BCUT2D eigenvalue weighted by molar-refractivity contribution is 5.20. The van der Waals surface area contributed by atoms with E-state index in [2.05, 4.69) is 17.0 Å². The van der Waals surface area contributed by atoms with E-state index in [1.165, 1.54) is 0 Å². The van der Waals surface area contributed by atoms with E-state index in [-0.39, 0.29) is 6.04 Å². The number of nitrogens with two attached hydrogens (primary N) is 1. The third-order valence-corrected chi connectivity index (χ3v) is 2.08. The third kappa shape index (κ3) is 2.94. The van der Waals surface area contributed by atoms with Crippen LogP contribution in [0.15, 0.2) is 30.5 Å². The van der Waals surface area contributed by atoms with Gasteiger partial charge in [0, 0.05) is 17.9 Å². The molecule has 1 aromatic rings. The number of hydrogen-bond donors (Lipinski definition) is 2. The Labute approximate surface area is 85.0 Å². The molecule has 1 rings (SSSR count). The Hall–Kier alpha value is -1.19. The summed E-state index contributed by atoms with van der Waals surface area (Å²) >= 11 is 0. The predicted octanol–water partition coefficient (Wildman–Crippen LogP) is 1.86. The molecule has 14 heavy (non-hydrogen) atoms. The molecule has 0 fully saturated rings. The SMILES string of the molecule is C=C(C)CC(NN)c1ccnc(C)c1. The van der Waals surface area contributed by atoms with Crippen LogP contribution < -0.4 is 11.3 Å². The molecule has 3 N–H and O–H groups in total. The second kappa shape index (κ2) is 4.88. The molecule has 76 valence electrons. The van der Waals surface area contributed by atoms with Crippen molar-refractivity contribution >= 4 is 0 Å². The number of nitrogens with one attached hydrogen (secondary N) is 1. The van der Waals surface area contributed by atoms with Crippen molar-refractivity contribution in [3.05, 3.63) is 41.7 Å². The molecule has 1 heterocycles. The topological polar surface area (TPSA) is 50.9 Å². The zero-order chi connectivity index (χ0) is 10.6. The van der Waals surface area contributed by atoms with E-state index in [0.29, 0.717) is 0 Å². The third-order valence-electron chi connectivity index (χ3n) is 2.08. The minimum absolute atomic E-state index is 0.134. The van der Waals surface area contributed by atoms with E-state index in [1.807, 2.05) is 26.0 Å². The zero-order valence-corrected chi connectivity index (χ0v) is 8.75. The quantitative estimate of drug-likeness (QED) is 0.434. The Morgan fingerprint density at radius 2 is 2.43 bits per heavy atom. The van der Waals surface area contributed by atoms with Gasteiger partial charge in [0.15, 0.2) is 0 Å². The first-order valence-corrected chi connectivity index (χ1v) is 4.66. The Bertz CT molecular complexity index is 320. The van der Waals surface area contributed by atoms with Crippen molar-refractivity contribution in [1.29, 1.82) is 0 Å². The molecule has 0 aromatic carbocycles. The lowest BCUT2D eigenvalue weighted by Gasteiger charge is -2.16. The summed E-state index contributed by atoms with van der Waals surface area (Å²) in [5.41, 5.74) is 6.06. The van der Waals surface area contributed by atoms with Crippen LogP contribution in [0.4, 0.5) is 0 Å². The summed E-state index contributed by atoms with van der Waals surface area (Å²) in [7, 11) is 0. The number of aryl methyl sites for hydroxylation is 1. The highest BCUT2D eigenvalue weighted by atomic mass is 15.2. The Morgan fingerprint density at radius 1 is 1.71 bits per heavy atom. The summed E-state index contributed by atoms with van der Waals surface area (Å²) < 4.78 is 0. The van der Waals surface area contributed by atoms with Gasteiger partial charge in [-0.3, -0.25) is 16.3 Å². The molecule has 0 saturated carbocycles. The van der Waals surface area contributed by atoms with Gasteiger partial charge in [-0.2, -0.15) is 0 Å². The summed E-state index contributed by atoms with van der Waals surface area (Å²) in [6.45, 7) is 7.85. The summed E-state index contributed by atoms with van der Waals surface area (Å²) in [5, 5.41) is 0. The number of aromatic nitrogens is 1. The molecule has 0 aliphatic heterocycles. The van der Waals surface area contributed by atoms with Gasteiger partial charge < -0.3 is 0 Å². The first kappa shape index (κ1) is 10.9. The molecule has 0 radical (unpaired) electrons. The van der Waals surface area contributed by atoms with Crippen LogP contribution in [-0.4, -0.2) is 4.98 Å². The first-order chi connectivity index (χ1) is 6.63. The molecule has 0 aliphatic rings. The fourth-order valence-corrected chi connectivity index (χ4v) is 1.41. The smallest absolute Gasteiger partial charge is 0.0498 e. The molecule has 0 spiro atoms. The molecule has 0 saturated heterocycles. The van der Waals surface area contributed by atoms with Crippen molar-refractivity contribution in [3.8, 4) is 0 Å². The van der Waals surface area contributed by atoms with Crippen molar-refractivity contribution in [3.63, 3.8) is 0 Å². The van der Waals surface area contributed by atoms with E-state index >= 15 is 0 Å². The first-order valence-electron chi connectivity index (χ1n) is 4.66. The van der Waals surface area contributed by atoms with Gasteiger partial charge in [0.1, 0.15) is 0 Å². The minimum atomic E-state index is 0.134. The van der Waals surface area contributed by atoms with Gasteiger partial charge >= 0.3 is 0 Å². The molecule has 0 amide bonds. The summed E-state index contributed by atoms with van der Waals surface area (Å²) in [4.78, 5) is 4.14. The van der Waals surface area contributed by atoms with Gasteiger partial charge in [-0.15, -0.1) is 6.58 Å². The number of nitrogens with zero attached hydrogens (tertiary/aromatic N) is 1. The largest absolute Gasteiger partial charge is 0.271 e. The molecular formula is C11H17N3. The van der Waals surface area contributed by atoms with E-state index in [0.717, 1.165) is 23.3 Å². The maximum Gasteiger partial charge on any atom is 0.0498 e. The van der Waals surface area contributed by atoms with Crippen LogP contribution in [-0.2, 0) is 0 Å². The molecule has 3 heteroatoms. The van der Waals surface area contributed by atoms with Crippen molar-refractivity contribution in [1.82, 2.24) is 10.4 Å². The maximum atomic E-state index is 5.49. The van der Waals surface area contributed by atoms with Crippen LogP contribution in [0.25, 0.3) is 0 Å². The van der Waals surface area contributed by atoms with Gasteiger partial charge in [-0.05, 0) is 38.0 Å². The van der Waals surface area contributed by atoms with Crippen LogP contribution in [0, 0.1) is 6.92 Å². The summed E-state index contributed by atoms with van der Waals surface area (Å²) in [5.74, 6) is 5.49. The summed E-state index contributed by atoms with van der Waals surface area (Å²) in [6, 6.07) is 4.14. The second-order valence-corrected chi connectivity index (χ2v) is 3.61. The number of hydrogen-bond acceptors (Lipinski definition) is 3. The molecule has 1 unspecified atom stereocenters. The molecule has 0 bridgehead atoms. The highest BCUT2D eigenvalue weighted by Gasteiger charge is 2.09. The Balaban J connectivity index is 2.83. The van der Waals surface area contributed by atoms with E-state index in [1.54, 1.807) is 6.20 Å². The van der Waals surface area contributed by atoms with Crippen molar-refractivity contribution < 1.29 is 0 Å². The Kier molecular flexibility index (Phi) is 3.80. The van der Waals surface area contributed by atoms with Gasteiger partial charge in [0.2, 0.25) is 0 Å². The van der Waals surface area contributed by atoms with Crippen LogP contribution in [0.1, 0.15) is 30.6 Å². The predicted molar refractivity (Wildman–Crippen MR) is 58.5 cm³/mol. The summed E-state index contributed by atoms with van der Waals surface area (Å²) in [6.07, 6.45) is 2.65. The standard InChI is InChI=1S/C11H17N3/c1-8(2)6-11(14-12)10-4-5-13-9(3)7-10/h4-5,7,11,14H,1,6,12H2,2-3H3. The zero-order valence-electron chi connectivity index (χ0n) is 8.75. The molecule has 1 atom stereocenters. The average Bonchev–Trinajstić information content (AvgIpc) is 2.14. The lowest BCUT2D eigenvalue weighted by atomic mass is 10.0. The molecule has 3 nitrogen and oxygen atoms in total. The van der Waals surface area contributed by atoms with Gasteiger partial charge in [0.05, 0.1) is 0 Å². The van der Waals surface area contributed by atoms with Crippen LogP contribution in [0.5, 0.6) is 0 Å². The fraction of sp³-hybridized carbons (Fsp3) is 0.364. The normalized spacial score (nSPS) is 12.5. The number of hydrazine groups is 1. The molecule has 0 aliphatic carbocycles. The van der Waals surface area contributed by atoms with Crippen molar-refractivity contribution in [2.24, 2.45) is 5.84 Å². The lowest BCUT2D eigenvalue weighted by molar-refractivity contribution is 0.549. The van der Waals surface area contributed by atoms with E-state index in [4.69, 9.17) is 5.84 Å². The van der Waals surface area contributed by atoms with Gasteiger partial charge in [-0.1, -0.05) is 5.57 Å². The van der Waals surface area contributed by atoms with Crippen LogP contribution >= 0.6 is 0 Å². The molecule has 1 aromatic heterocycles. The second-order valence-electron chi connectivity index (χ2n) is 3.61. The van der Waals surface area contributed by atoms with Gasteiger partial charge in [0.25, 0.3) is 0 Å². The lowest BCUT2D eigenvalue weighted by Crippen LogP contribution is -2.28. The van der Waals surface area contributed by atoms with Crippen LogP contribution in [0.2, 0.25) is 0 Å². The average molecular weight is 191 g/mol. The molecular weight excluding hydrogens is 174 g/mol. The minimum Gasteiger partial charge on any atom is -0.271 e. The van der Waals surface area contributed by atoms with Crippen molar-refractivity contribution in [2.75, 3.05) is 0 Å². The number of rotatable bonds is 4. The highest BCUT2D eigenvalue weighted by Crippen LogP contribution is 2.19. The monoisotopic (exact) mass is 191 g/mol. The van der Waals surface area contributed by atoms with E-state index < -0.39 is 0 Å². The van der Waals surface area contributed by atoms with Gasteiger partial charge in [-0.25, -0.2) is 0 Å². The number of pyridine rings is 1. The van der Waals surface area contributed by atoms with E-state index in [9.17, 15) is 0 Å². The van der Waals surface area contributed by atoms with Crippen molar-refractivity contribution in [2.45, 2.75) is 26.3 Å². The maximum absolute atomic E-state index is 5.49. The van der Waals surface area contributed by atoms with Crippen LogP contribution in [0.3, 0.4) is 0 Å². The Morgan fingerprint density at radius 3 is 2.93 bits per heavy atom. The fourth-order valence-electron chi connectivity index (χ4n) is 1.41.